The topological polar surface area (TPSA) is 39.1 Å². The van der Waals surface area contributed by atoms with Gasteiger partial charge in [0.25, 0.3) is 0 Å². The van der Waals surface area contributed by atoms with Gasteiger partial charge in [-0.1, -0.05) is 13.8 Å². The predicted octanol–water partition coefficient (Wildman–Crippen LogP) is 1.89. The van der Waals surface area contributed by atoms with E-state index in [2.05, 4.69) is 30.3 Å². The Kier molecular flexibility index (Phi) is 4.18. The third-order valence-electron chi connectivity index (χ3n) is 3.44. The zero-order valence-electron chi connectivity index (χ0n) is 11.0. The molecule has 1 N–H and O–H groups in total. The molecule has 1 aliphatic heterocycles. The smallest absolute Gasteiger partial charge is 0.0820 e. The molecule has 0 saturated carbocycles. The fourth-order valence-electron chi connectivity index (χ4n) is 2.43. The van der Waals surface area contributed by atoms with E-state index in [1.165, 1.54) is 0 Å². The lowest BCUT2D eigenvalue weighted by atomic mass is 9.95. The molecule has 1 fully saturated rings. The van der Waals surface area contributed by atoms with E-state index in [0.29, 0.717) is 5.92 Å². The number of rotatable bonds is 5. The Hall–Kier alpha value is -0.870. The van der Waals surface area contributed by atoms with Crippen LogP contribution in [-0.4, -0.2) is 29.0 Å². The van der Waals surface area contributed by atoms with Crippen LogP contribution >= 0.6 is 0 Å². The summed E-state index contributed by atoms with van der Waals surface area (Å²) in [7, 11) is 1.96. The zero-order chi connectivity index (χ0) is 12.3. The van der Waals surface area contributed by atoms with E-state index in [4.69, 9.17) is 4.74 Å². The highest BCUT2D eigenvalue weighted by molar-refractivity contribution is 5.09. The van der Waals surface area contributed by atoms with Crippen LogP contribution in [0.1, 0.15) is 38.4 Å². The van der Waals surface area contributed by atoms with Crippen molar-refractivity contribution in [2.75, 3.05) is 13.2 Å². The summed E-state index contributed by atoms with van der Waals surface area (Å²) in [5.74, 6) is 0.603. The molecule has 4 heteroatoms. The molecule has 0 amide bonds. The maximum atomic E-state index is 5.88. The Morgan fingerprint density at radius 3 is 3.00 bits per heavy atom. The first-order valence-corrected chi connectivity index (χ1v) is 6.57. The highest BCUT2D eigenvalue weighted by Gasteiger charge is 2.33. The van der Waals surface area contributed by atoms with Gasteiger partial charge >= 0.3 is 0 Å². The normalized spacial score (nSPS) is 26.3. The van der Waals surface area contributed by atoms with Gasteiger partial charge in [0.1, 0.15) is 0 Å². The quantitative estimate of drug-likeness (QED) is 0.850. The second-order valence-electron chi connectivity index (χ2n) is 4.95. The van der Waals surface area contributed by atoms with Gasteiger partial charge in [-0.3, -0.25) is 4.68 Å². The Morgan fingerprint density at radius 2 is 2.47 bits per heavy atom. The lowest BCUT2D eigenvalue weighted by Crippen LogP contribution is -2.35. The lowest BCUT2D eigenvalue weighted by molar-refractivity contribution is 0.0593. The second-order valence-corrected chi connectivity index (χ2v) is 4.95. The summed E-state index contributed by atoms with van der Waals surface area (Å²) in [5, 5.41) is 8.09. The molecule has 3 unspecified atom stereocenters. The van der Waals surface area contributed by atoms with Crippen LogP contribution in [0.5, 0.6) is 0 Å². The minimum atomic E-state index is 0.230. The average molecular weight is 237 g/mol. The Labute approximate surface area is 103 Å². The van der Waals surface area contributed by atoms with Crippen molar-refractivity contribution in [1.29, 1.82) is 0 Å². The van der Waals surface area contributed by atoms with Gasteiger partial charge in [0, 0.05) is 19.9 Å². The Morgan fingerprint density at radius 1 is 1.65 bits per heavy atom. The van der Waals surface area contributed by atoms with Gasteiger partial charge in [-0.15, -0.1) is 0 Å². The molecule has 1 saturated heterocycles. The van der Waals surface area contributed by atoms with Gasteiger partial charge in [-0.2, -0.15) is 5.10 Å². The number of aryl methyl sites for hydroxylation is 1. The van der Waals surface area contributed by atoms with Crippen molar-refractivity contribution >= 4 is 0 Å². The van der Waals surface area contributed by atoms with E-state index in [-0.39, 0.29) is 12.1 Å². The third-order valence-corrected chi connectivity index (χ3v) is 3.44. The maximum Gasteiger partial charge on any atom is 0.0820 e. The fraction of sp³-hybridized carbons (Fsp3) is 0.769. The van der Waals surface area contributed by atoms with Crippen molar-refractivity contribution in [2.24, 2.45) is 13.0 Å². The van der Waals surface area contributed by atoms with E-state index in [1.54, 1.807) is 0 Å². The SMILES string of the molecule is CCCNC(c1ccn(C)n1)C1OCCC1C. The highest BCUT2D eigenvalue weighted by atomic mass is 16.5. The fourth-order valence-corrected chi connectivity index (χ4v) is 2.43. The first kappa shape index (κ1) is 12.6. The number of hydrogen-bond acceptors (Lipinski definition) is 3. The average Bonchev–Trinajstić information content (AvgIpc) is 2.90. The van der Waals surface area contributed by atoms with Crippen molar-refractivity contribution in [3.8, 4) is 0 Å². The molecule has 1 aliphatic rings. The largest absolute Gasteiger partial charge is 0.376 e. The number of hydrogen-bond donors (Lipinski definition) is 1. The highest BCUT2D eigenvalue weighted by Crippen LogP contribution is 2.30. The summed E-state index contributed by atoms with van der Waals surface area (Å²) in [6, 6.07) is 2.32. The summed E-state index contributed by atoms with van der Waals surface area (Å²) >= 11 is 0. The summed E-state index contributed by atoms with van der Waals surface area (Å²) in [5.41, 5.74) is 1.10. The van der Waals surface area contributed by atoms with Crippen LogP contribution in [0.15, 0.2) is 12.3 Å². The number of nitrogens with zero attached hydrogens (tertiary/aromatic N) is 2. The Bertz CT molecular complexity index is 350. The van der Waals surface area contributed by atoms with E-state index in [0.717, 1.165) is 31.7 Å². The maximum absolute atomic E-state index is 5.88. The van der Waals surface area contributed by atoms with Crippen LogP contribution in [0, 0.1) is 5.92 Å². The molecule has 2 heterocycles. The van der Waals surface area contributed by atoms with E-state index < -0.39 is 0 Å². The number of aromatic nitrogens is 2. The van der Waals surface area contributed by atoms with Crippen LogP contribution < -0.4 is 5.32 Å². The van der Waals surface area contributed by atoms with Crippen LogP contribution in [0.3, 0.4) is 0 Å². The molecule has 1 aromatic heterocycles. The first-order valence-electron chi connectivity index (χ1n) is 6.57. The van der Waals surface area contributed by atoms with Crippen molar-refractivity contribution in [1.82, 2.24) is 15.1 Å². The van der Waals surface area contributed by atoms with Crippen LogP contribution in [0.25, 0.3) is 0 Å². The van der Waals surface area contributed by atoms with Crippen LogP contribution in [0.2, 0.25) is 0 Å². The van der Waals surface area contributed by atoms with Crippen LogP contribution in [0.4, 0.5) is 0 Å². The van der Waals surface area contributed by atoms with Crippen molar-refractivity contribution in [2.45, 2.75) is 38.8 Å². The van der Waals surface area contributed by atoms with Gasteiger partial charge in [-0.05, 0) is 31.4 Å². The van der Waals surface area contributed by atoms with Gasteiger partial charge in [0.05, 0.1) is 17.8 Å². The monoisotopic (exact) mass is 237 g/mol. The van der Waals surface area contributed by atoms with E-state index in [1.807, 2.05) is 17.9 Å². The molecule has 2 rings (SSSR count). The van der Waals surface area contributed by atoms with Gasteiger partial charge in [0.2, 0.25) is 0 Å². The molecular formula is C13H23N3O. The molecule has 0 bridgehead atoms. The van der Waals surface area contributed by atoms with E-state index in [9.17, 15) is 0 Å². The van der Waals surface area contributed by atoms with Crippen molar-refractivity contribution in [3.05, 3.63) is 18.0 Å². The minimum absolute atomic E-state index is 0.230. The second kappa shape index (κ2) is 5.65. The standard InChI is InChI=1S/C13H23N3O/c1-4-7-14-12(11-5-8-16(3)15-11)13-10(2)6-9-17-13/h5,8,10,12-14H,4,6-7,9H2,1-3H3. The lowest BCUT2D eigenvalue weighted by Gasteiger charge is -2.25. The molecular weight excluding hydrogens is 214 g/mol. The number of nitrogens with one attached hydrogen (secondary N) is 1. The summed E-state index contributed by atoms with van der Waals surface area (Å²) in [6.45, 7) is 6.33. The van der Waals surface area contributed by atoms with Crippen LogP contribution in [-0.2, 0) is 11.8 Å². The Balaban J connectivity index is 2.12. The summed E-state index contributed by atoms with van der Waals surface area (Å²) < 4.78 is 7.73. The molecule has 3 atom stereocenters. The molecule has 0 aliphatic carbocycles. The van der Waals surface area contributed by atoms with E-state index >= 15 is 0 Å². The molecule has 4 nitrogen and oxygen atoms in total. The van der Waals surface area contributed by atoms with Gasteiger partial charge in [-0.25, -0.2) is 0 Å². The third kappa shape index (κ3) is 2.87. The summed E-state index contributed by atoms with van der Waals surface area (Å²) in [4.78, 5) is 0. The summed E-state index contributed by atoms with van der Waals surface area (Å²) in [6.07, 6.45) is 4.54. The molecule has 96 valence electrons. The van der Waals surface area contributed by atoms with Gasteiger partial charge < -0.3 is 10.1 Å². The predicted molar refractivity (Wildman–Crippen MR) is 67.8 cm³/mol. The molecule has 0 spiro atoms. The molecule has 1 aromatic rings. The number of ether oxygens (including phenoxy) is 1. The van der Waals surface area contributed by atoms with Crippen molar-refractivity contribution < 1.29 is 4.74 Å². The zero-order valence-corrected chi connectivity index (χ0v) is 11.0. The molecule has 0 radical (unpaired) electrons. The minimum Gasteiger partial charge on any atom is -0.376 e. The van der Waals surface area contributed by atoms with Gasteiger partial charge in [0.15, 0.2) is 0 Å². The molecule has 0 aromatic carbocycles. The molecule has 17 heavy (non-hydrogen) atoms. The first-order chi connectivity index (χ1) is 8.22. The van der Waals surface area contributed by atoms with Crippen molar-refractivity contribution in [3.63, 3.8) is 0 Å².